The van der Waals surface area contributed by atoms with Crippen LogP contribution in [0.2, 0.25) is 0 Å². The Kier molecular flexibility index (Phi) is 2.90. The van der Waals surface area contributed by atoms with Crippen LogP contribution < -0.4 is 5.43 Å². The molecular formula is C9H15N5. The van der Waals surface area contributed by atoms with Gasteiger partial charge in [0.2, 0.25) is 0 Å². The van der Waals surface area contributed by atoms with Gasteiger partial charge in [-0.05, 0) is 19.2 Å². The third-order valence-corrected chi connectivity index (χ3v) is 2.35. The minimum absolute atomic E-state index is 0.817. The number of aromatic nitrogens is 2. The van der Waals surface area contributed by atoms with Crippen LogP contribution in [-0.4, -0.2) is 53.3 Å². The van der Waals surface area contributed by atoms with Crippen LogP contribution in [0.3, 0.4) is 0 Å². The minimum Gasteiger partial charge on any atom is -0.304 e. The number of piperazine rings is 1. The molecule has 2 heterocycles. The second kappa shape index (κ2) is 4.34. The molecule has 1 fully saturated rings. The summed E-state index contributed by atoms with van der Waals surface area (Å²) in [4.78, 5) is 2.31. The zero-order chi connectivity index (χ0) is 9.80. The van der Waals surface area contributed by atoms with Gasteiger partial charge in [-0.1, -0.05) is 0 Å². The van der Waals surface area contributed by atoms with Crippen molar-refractivity contribution in [3.63, 3.8) is 0 Å². The predicted molar refractivity (Wildman–Crippen MR) is 54.7 cm³/mol. The maximum Gasteiger partial charge on any atom is 0.163 e. The molecule has 0 bridgehead atoms. The van der Waals surface area contributed by atoms with Crippen LogP contribution in [0.4, 0.5) is 5.82 Å². The Hall–Kier alpha value is -1.20. The SMILES string of the molecule is CN1CCN(Nc2cccnn2)CC1. The molecule has 1 aromatic heterocycles. The molecule has 0 unspecified atom stereocenters. The molecule has 1 aliphatic heterocycles. The number of nitrogens with one attached hydrogen (secondary N) is 1. The van der Waals surface area contributed by atoms with Crippen LogP contribution in [0.5, 0.6) is 0 Å². The van der Waals surface area contributed by atoms with Gasteiger partial charge in [-0.15, -0.1) is 5.10 Å². The fraction of sp³-hybridized carbons (Fsp3) is 0.556. The van der Waals surface area contributed by atoms with Gasteiger partial charge in [0.15, 0.2) is 5.82 Å². The largest absolute Gasteiger partial charge is 0.304 e. The lowest BCUT2D eigenvalue weighted by molar-refractivity contribution is 0.178. The summed E-state index contributed by atoms with van der Waals surface area (Å²) in [7, 11) is 2.14. The van der Waals surface area contributed by atoms with Crippen molar-refractivity contribution in [2.75, 3.05) is 38.7 Å². The van der Waals surface area contributed by atoms with Crippen molar-refractivity contribution in [2.24, 2.45) is 0 Å². The average molecular weight is 193 g/mol. The summed E-state index contributed by atoms with van der Waals surface area (Å²) in [6.45, 7) is 4.22. The third kappa shape index (κ3) is 2.40. The van der Waals surface area contributed by atoms with Gasteiger partial charge in [-0.3, -0.25) is 0 Å². The van der Waals surface area contributed by atoms with Gasteiger partial charge in [-0.25, -0.2) is 5.01 Å². The van der Waals surface area contributed by atoms with E-state index in [0.29, 0.717) is 0 Å². The first-order valence-electron chi connectivity index (χ1n) is 4.82. The molecular weight excluding hydrogens is 178 g/mol. The Labute approximate surface area is 83.7 Å². The third-order valence-electron chi connectivity index (χ3n) is 2.35. The smallest absolute Gasteiger partial charge is 0.163 e. The Bertz CT molecular complexity index is 268. The summed E-state index contributed by atoms with van der Waals surface area (Å²) in [5.74, 6) is 0.817. The Balaban J connectivity index is 1.87. The fourth-order valence-electron chi connectivity index (χ4n) is 1.44. The summed E-state index contributed by atoms with van der Waals surface area (Å²) in [5.41, 5.74) is 3.23. The van der Waals surface area contributed by atoms with Crippen LogP contribution in [0.25, 0.3) is 0 Å². The highest BCUT2D eigenvalue weighted by atomic mass is 15.5. The van der Waals surface area contributed by atoms with E-state index < -0.39 is 0 Å². The molecule has 1 aliphatic rings. The number of anilines is 1. The normalized spacial score (nSPS) is 19.5. The van der Waals surface area contributed by atoms with E-state index >= 15 is 0 Å². The molecule has 14 heavy (non-hydrogen) atoms. The van der Waals surface area contributed by atoms with Crippen molar-refractivity contribution in [3.8, 4) is 0 Å². The number of hydrazine groups is 1. The first kappa shape index (κ1) is 9.36. The zero-order valence-corrected chi connectivity index (χ0v) is 8.35. The van der Waals surface area contributed by atoms with E-state index in [1.807, 2.05) is 12.1 Å². The predicted octanol–water partition coefficient (Wildman–Crippen LogP) is 0.0509. The second-order valence-electron chi connectivity index (χ2n) is 3.51. The topological polar surface area (TPSA) is 44.3 Å². The van der Waals surface area contributed by atoms with E-state index in [9.17, 15) is 0 Å². The minimum atomic E-state index is 0.817. The molecule has 1 aromatic rings. The molecule has 1 N–H and O–H groups in total. The fourth-order valence-corrected chi connectivity index (χ4v) is 1.44. The number of nitrogens with zero attached hydrogens (tertiary/aromatic N) is 4. The molecule has 0 aliphatic carbocycles. The van der Waals surface area contributed by atoms with E-state index in [4.69, 9.17) is 0 Å². The van der Waals surface area contributed by atoms with E-state index in [2.05, 4.69) is 32.6 Å². The first-order valence-corrected chi connectivity index (χ1v) is 4.82. The van der Waals surface area contributed by atoms with Crippen LogP contribution >= 0.6 is 0 Å². The van der Waals surface area contributed by atoms with E-state index in [1.54, 1.807) is 6.20 Å². The lowest BCUT2D eigenvalue weighted by atomic mass is 10.4. The number of rotatable bonds is 2. The van der Waals surface area contributed by atoms with Crippen molar-refractivity contribution in [1.82, 2.24) is 20.1 Å². The lowest BCUT2D eigenvalue weighted by Gasteiger charge is -2.32. The van der Waals surface area contributed by atoms with Crippen molar-refractivity contribution < 1.29 is 0 Å². The highest BCUT2D eigenvalue weighted by molar-refractivity contribution is 5.29. The van der Waals surface area contributed by atoms with Crippen molar-refractivity contribution in [3.05, 3.63) is 18.3 Å². The van der Waals surface area contributed by atoms with Gasteiger partial charge in [0.1, 0.15) is 0 Å². The molecule has 2 rings (SSSR count). The van der Waals surface area contributed by atoms with Crippen molar-refractivity contribution >= 4 is 5.82 Å². The second-order valence-corrected chi connectivity index (χ2v) is 3.51. The Morgan fingerprint density at radius 1 is 1.29 bits per heavy atom. The number of hydrogen-bond donors (Lipinski definition) is 1. The summed E-state index contributed by atoms with van der Waals surface area (Å²) in [5, 5.41) is 9.96. The standard InChI is InChI=1S/C9H15N5/c1-13-5-7-14(8-6-13)12-9-3-2-4-10-11-9/h2-4H,5-8H2,1H3,(H,11,12). The highest BCUT2D eigenvalue weighted by Crippen LogP contribution is 2.03. The maximum absolute atomic E-state index is 3.98. The van der Waals surface area contributed by atoms with Gasteiger partial charge in [-0.2, -0.15) is 5.10 Å². The van der Waals surface area contributed by atoms with Crippen LogP contribution in [-0.2, 0) is 0 Å². The summed E-state index contributed by atoms with van der Waals surface area (Å²) in [6, 6.07) is 3.80. The quantitative estimate of drug-likeness (QED) is 0.719. The van der Waals surface area contributed by atoms with Crippen LogP contribution in [0.1, 0.15) is 0 Å². The monoisotopic (exact) mass is 193 g/mol. The van der Waals surface area contributed by atoms with E-state index in [1.165, 1.54) is 0 Å². The highest BCUT2D eigenvalue weighted by Gasteiger charge is 2.13. The van der Waals surface area contributed by atoms with E-state index in [-0.39, 0.29) is 0 Å². The summed E-state index contributed by atoms with van der Waals surface area (Å²) in [6.07, 6.45) is 1.68. The van der Waals surface area contributed by atoms with Crippen molar-refractivity contribution in [2.45, 2.75) is 0 Å². The maximum atomic E-state index is 3.98. The van der Waals surface area contributed by atoms with Gasteiger partial charge in [0.25, 0.3) is 0 Å². The number of hydrogen-bond acceptors (Lipinski definition) is 5. The molecule has 0 saturated carbocycles. The Morgan fingerprint density at radius 3 is 2.71 bits per heavy atom. The van der Waals surface area contributed by atoms with Crippen molar-refractivity contribution in [1.29, 1.82) is 0 Å². The summed E-state index contributed by atoms with van der Waals surface area (Å²) < 4.78 is 0. The average Bonchev–Trinajstić information content (AvgIpc) is 2.23. The molecule has 0 aromatic carbocycles. The molecule has 5 nitrogen and oxygen atoms in total. The lowest BCUT2D eigenvalue weighted by Crippen LogP contribution is -2.47. The molecule has 0 atom stereocenters. The summed E-state index contributed by atoms with van der Waals surface area (Å²) >= 11 is 0. The van der Waals surface area contributed by atoms with Crippen LogP contribution in [0.15, 0.2) is 18.3 Å². The molecule has 0 amide bonds. The van der Waals surface area contributed by atoms with Gasteiger partial charge in [0, 0.05) is 32.4 Å². The molecule has 0 spiro atoms. The van der Waals surface area contributed by atoms with Gasteiger partial charge in [0.05, 0.1) is 0 Å². The molecule has 76 valence electrons. The Morgan fingerprint density at radius 2 is 2.07 bits per heavy atom. The van der Waals surface area contributed by atoms with Crippen LogP contribution in [0, 0.1) is 0 Å². The van der Waals surface area contributed by atoms with E-state index in [0.717, 1.165) is 32.0 Å². The zero-order valence-electron chi connectivity index (χ0n) is 8.35. The molecule has 0 radical (unpaired) electrons. The number of likely N-dealkylation sites (N-methyl/N-ethyl adjacent to an activating group) is 1. The molecule has 1 saturated heterocycles. The van der Waals surface area contributed by atoms with Gasteiger partial charge >= 0.3 is 0 Å². The first-order chi connectivity index (χ1) is 6.84. The van der Waals surface area contributed by atoms with Gasteiger partial charge < -0.3 is 10.3 Å². The molecule has 5 heteroatoms.